The lowest BCUT2D eigenvalue weighted by Gasteiger charge is -2.08. The molecule has 0 bridgehead atoms. The van der Waals surface area contributed by atoms with Gasteiger partial charge in [-0.1, -0.05) is 23.7 Å². The number of rotatable bonds is 5. The molecule has 0 aliphatic rings. The lowest BCUT2D eigenvalue weighted by atomic mass is 10.1. The van der Waals surface area contributed by atoms with Gasteiger partial charge >= 0.3 is 5.97 Å². The molecule has 6 nitrogen and oxygen atoms in total. The maximum absolute atomic E-state index is 11.2. The zero-order valence-corrected chi connectivity index (χ0v) is 12.4. The molecule has 0 fully saturated rings. The van der Waals surface area contributed by atoms with Crippen LogP contribution in [-0.2, 0) is 16.0 Å². The van der Waals surface area contributed by atoms with Gasteiger partial charge in [0.15, 0.2) is 0 Å². The molecule has 0 unspecified atom stereocenters. The lowest BCUT2D eigenvalue weighted by Crippen LogP contribution is -2.04. The van der Waals surface area contributed by atoms with Crippen LogP contribution < -0.4 is 4.74 Å². The highest BCUT2D eigenvalue weighted by atomic mass is 35.5. The van der Waals surface area contributed by atoms with E-state index in [1.165, 1.54) is 25.3 Å². The van der Waals surface area contributed by atoms with Crippen LogP contribution in [0.4, 0.5) is 5.69 Å². The van der Waals surface area contributed by atoms with Crippen molar-refractivity contribution in [3.8, 4) is 11.5 Å². The largest absolute Gasteiger partial charge is 0.469 e. The van der Waals surface area contributed by atoms with Crippen molar-refractivity contribution in [2.75, 3.05) is 7.11 Å². The fourth-order valence-corrected chi connectivity index (χ4v) is 1.94. The molecule has 7 heteroatoms. The average Bonchev–Trinajstić information content (AvgIpc) is 2.50. The standard InChI is InChI=1S/C15H12ClNO5/c1-21-15(18)8-10-2-5-12(6-3-10)22-14-7-4-11(17(19)20)9-13(14)16/h2-7,9H,8H2,1H3. The van der Waals surface area contributed by atoms with E-state index in [-0.39, 0.29) is 23.1 Å². The maximum Gasteiger partial charge on any atom is 0.309 e. The van der Waals surface area contributed by atoms with E-state index in [0.717, 1.165) is 5.56 Å². The molecule has 0 saturated carbocycles. The van der Waals surface area contributed by atoms with Crippen molar-refractivity contribution in [1.82, 2.24) is 0 Å². The zero-order valence-electron chi connectivity index (χ0n) is 11.6. The van der Waals surface area contributed by atoms with E-state index in [0.29, 0.717) is 11.5 Å². The Morgan fingerprint density at radius 2 is 1.91 bits per heavy atom. The topological polar surface area (TPSA) is 78.7 Å². The van der Waals surface area contributed by atoms with Crippen LogP contribution in [0.1, 0.15) is 5.56 Å². The van der Waals surface area contributed by atoms with Crippen LogP contribution in [0.2, 0.25) is 5.02 Å². The van der Waals surface area contributed by atoms with Gasteiger partial charge < -0.3 is 9.47 Å². The summed E-state index contributed by atoms with van der Waals surface area (Å²) in [5, 5.41) is 10.8. The van der Waals surface area contributed by atoms with Crippen LogP contribution in [0.15, 0.2) is 42.5 Å². The minimum atomic E-state index is -0.530. The van der Waals surface area contributed by atoms with E-state index >= 15 is 0 Å². The molecule has 0 spiro atoms. The van der Waals surface area contributed by atoms with Gasteiger partial charge in [-0.2, -0.15) is 0 Å². The first-order valence-corrected chi connectivity index (χ1v) is 6.65. The average molecular weight is 322 g/mol. The molecule has 2 rings (SSSR count). The Balaban J connectivity index is 2.11. The van der Waals surface area contributed by atoms with Gasteiger partial charge in [0.05, 0.1) is 23.5 Å². The third-order valence-electron chi connectivity index (χ3n) is 2.85. The quantitative estimate of drug-likeness (QED) is 0.476. The van der Waals surface area contributed by atoms with E-state index in [1.54, 1.807) is 24.3 Å². The molecule has 2 aromatic carbocycles. The number of hydrogen-bond donors (Lipinski definition) is 0. The number of benzene rings is 2. The third-order valence-corrected chi connectivity index (χ3v) is 3.15. The van der Waals surface area contributed by atoms with Crippen molar-refractivity contribution in [3.05, 3.63) is 63.2 Å². The van der Waals surface area contributed by atoms with Crippen LogP contribution in [0.25, 0.3) is 0 Å². The van der Waals surface area contributed by atoms with E-state index in [4.69, 9.17) is 16.3 Å². The fraction of sp³-hybridized carbons (Fsp3) is 0.133. The van der Waals surface area contributed by atoms with Crippen LogP contribution in [-0.4, -0.2) is 18.0 Å². The molecule has 0 radical (unpaired) electrons. The van der Waals surface area contributed by atoms with Gasteiger partial charge in [-0.3, -0.25) is 14.9 Å². The van der Waals surface area contributed by atoms with Crippen molar-refractivity contribution in [2.24, 2.45) is 0 Å². The number of methoxy groups -OCH3 is 1. The number of non-ortho nitro benzene ring substituents is 1. The van der Waals surface area contributed by atoms with Crippen molar-refractivity contribution in [2.45, 2.75) is 6.42 Å². The molecule has 0 aliphatic carbocycles. The Morgan fingerprint density at radius 1 is 1.23 bits per heavy atom. The first-order chi connectivity index (χ1) is 10.5. The Bertz CT molecular complexity index is 700. The van der Waals surface area contributed by atoms with Gasteiger partial charge in [0.25, 0.3) is 5.69 Å². The first kappa shape index (κ1) is 15.8. The number of hydrogen-bond acceptors (Lipinski definition) is 5. The van der Waals surface area contributed by atoms with Crippen LogP contribution in [0, 0.1) is 10.1 Å². The normalized spacial score (nSPS) is 10.1. The second-order valence-electron chi connectivity index (χ2n) is 4.37. The van der Waals surface area contributed by atoms with E-state index in [9.17, 15) is 14.9 Å². The molecule has 0 aliphatic heterocycles. The van der Waals surface area contributed by atoms with E-state index < -0.39 is 4.92 Å². The maximum atomic E-state index is 11.2. The Morgan fingerprint density at radius 3 is 2.45 bits per heavy atom. The van der Waals surface area contributed by atoms with Gasteiger partial charge in [0.2, 0.25) is 0 Å². The smallest absolute Gasteiger partial charge is 0.309 e. The number of nitro benzene ring substituents is 1. The summed E-state index contributed by atoms with van der Waals surface area (Å²) in [5.74, 6) is 0.490. The summed E-state index contributed by atoms with van der Waals surface area (Å²) >= 11 is 5.95. The number of carbonyl (C=O) groups is 1. The number of halogens is 1. The second kappa shape index (κ2) is 6.91. The highest BCUT2D eigenvalue weighted by Gasteiger charge is 2.11. The Labute approximate surface area is 131 Å². The first-order valence-electron chi connectivity index (χ1n) is 6.27. The molecular formula is C15H12ClNO5. The highest BCUT2D eigenvalue weighted by Crippen LogP contribution is 2.32. The summed E-state index contributed by atoms with van der Waals surface area (Å²) in [6, 6.07) is 10.8. The number of nitrogens with zero attached hydrogens (tertiary/aromatic N) is 1. The van der Waals surface area contributed by atoms with Gasteiger partial charge in [-0.15, -0.1) is 0 Å². The van der Waals surface area contributed by atoms with Gasteiger partial charge in [0.1, 0.15) is 11.5 Å². The van der Waals surface area contributed by atoms with E-state index in [2.05, 4.69) is 4.74 Å². The summed E-state index contributed by atoms with van der Waals surface area (Å²) in [6.07, 6.45) is 0.176. The summed E-state index contributed by atoms with van der Waals surface area (Å²) in [7, 11) is 1.33. The fourth-order valence-electron chi connectivity index (χ4n) is 1.73. The van der Waals surface area contributed by atoms with Crippen LogP contribution >= 0.6 is 11.6 Å². The number of ether oxygens (including phenoxy) is 2. The van der Waals surface area contributed by atoms with Crippen LogP contribution in [0.5, 0.6) is 11.5 Å². The van der Waals surface area contributed by atoms with Crippen molar-refractivity contribution >= 4 is 23.3 Å². The SMILES string of the molecule is COC(=O)Cc1ccc(Oc2ccc([N+](=O)[O-])cc2Cl)cc1. The third kappa shape index (κ3) is 3.95. The zero-order chi connectivity index (χ0) is 16.1. The van der Waals surface area contributed by atoms with Gasteiger partial charge in [-0.05, 0) is 23.8 Å². The predicted octanol–water partition coefficient (Wildman–Crippen LogP) is 3.76. The molecule has 114 valence electrons. The number of nitro groups is 1. The molecule has 0 aromatic heterocycles. The number of carbonyl (C=O) groups excluding carboxylic acids is 1. The summed E-state index contributed by atoms with van der Waals surface area (Å²) in [4.78, 5) is 21.3. The Kier molecular flexibility index (Phi) is 4.95. The summed E-state index contributed by atoms with van der Waals surface area (Å²) in [6.45, 7) is 0. The monoisotopic (exact) mass is 321 g/mol. The second-order valence-corrected chi connectivity index (χ2v) is 4.78. The molecule has 22 heavy (non-hydrogen) atoms. The molecule has 0 atom stereocenters. The lowest BCUT2D eigenvalue weighted by molar-refractivity contribution is -0.384. The molecule has 0 saturated heterocycles. The highest BCUT2D eigenvalue weighted by molar-refractivity contribution is 6.32. The van der Waals surface area contributed by atoms with Gasteiger partial charge in [0, 0.05) is 12.1 Å². The minimum Gasteiger partial charge on any atom is -0.469 e. The van der Waals surface area contributed by atoms with Crippen molar-refractivity contribution in [3.63, 3.8) is 0 Å². The summed E-state index contributed by atoms with van der Waals surface area (Å²) in [5.41, 5.74) is 0.680. The minimum absolute atomic E-state index is 0.106. The molecule has 2 aromatic rings. The van der Waals surface area contributed by atoms with Crippen molar-refractivity contribution in [1.29, 1.82) is 0 Å². The molecule has 0 N–H and O–H groups in total. The van der Waals surface area contributed by atoms with Gasteiger partial charge in [-0.25, -0.2) is 0 Å². The Hall–Kier alpha value is -2.60. The van der Waals surface area contributed by atoms with E-state index in [1.807, 2.05) is 0 Å². The molecule has 0 amide bonds. The van der Waals surface area contributed by atoms with Crippen LogP contribution in [0.3, 0.4) is 0 Å². The van der Waals surface area contributed by atoms with Crippen molar-refractivity contribution < 1.29 is 19.2 Å². The molecular weight excluding hydrogens is 310 g/mol. The predicted molar refractivity (Wildman–Crippen MR) is 80.3 cm³/mol. The number of esters is 1. The molecule has 0 heterocycles. The summed E-state index contributed by atoms with van der Waals surface area (Å²) < 4.78 is 10.1.